The number of hydrogen-bond donors (Lipinski definition) is 2. The van der Waals surface area contributed by atoms with E-state index in [2.05, 4.69) is 57.0 Å². The molecule has 0 saturated heterocycles. The first kappa shape index (κ1) is 14.9. The highest BCUT2D eigenvalue weighted by atomic mass is 79.9. The smallest absolute Gasteiger partial charge is 0.251 e. The molecule has 2 N–H and O–H groups in total. The zero-order valence-corrected chi connectivity index (χ0v) is 13.3. The number of pyridine rings is 1. The second-order valence-electron chi connectivity index (χ2n) is 5.58. The second-order valence-corrected chi connectivity index (χ2v) is 6.50. The quantitative estimate of drug-likeness (QED) is 0.903. The van der Waals surface area contributed by atoms with Gasteiger partial charge in [0.15, 0.2) is 0 Å². The first-order valence-electron chi connectivity index (χ1n) is 6.30. The minimum Gasteiger partial charge on any atom is -0.306 e. The molecule has 2 heterocycles. The highest BCUT2D eigenvalue weighted by molar-refractivity contribution is 9.10. The van der Waals surface area contributed by atoms with E-state index in [0.29, 0.717) is 18.1 Å². The van der Waals surface area contributed by atoms with Gasteiger partial charge in [-0.3, -0.25) is 9.78 Å². The fraction of sp³-hybridized carbons (Fsp3) is 0.357. The van der Waals surface area contributed by atoms with Crippen LogP contribution in [0.2, 0.25) is 0 Å². The first-order valence-corrected chi connectivity index (χ1v) is 7.09. The number of aromatic nitrogens is 3. The first-order chi connectivity index (χ1) is 9.33. The van der Waals surface area contributed by atoms with Crippen molar-refractivity contribution in [1.82, 2.24) is 20.3 Å². The summed E-state index contributed by atoms with van der Waals surface area (Å²) in [7, 11) is 0. The zero-order chi connectivity index (χ0) is 14.8. The molecule has 20 heavy (non-hydrogen) atoms. The molecular formula is C14H17BrN4O. The fourth-order valence-corrected chi connectivity index (χ4v) is 2.00. The highest BCUT2D eigenvalue weighted by Crippen LogP contribution is 2.17. The molecule has 0 aliphatic rings. The molecule has 0 aliphatic heterocycles. The molecule has 0 amide bonds. The predicted molar refractivity (Wildman–Crippen MR) is 82.4 cm³/mol. The largest absolute Gasteiger partial charge is 0.306 e. The van der Waals surface area contributed by atoms with Gasteiger partial charge in [-0.15, -0.1) is 0 Å². The molecule has 2 aromatic rings. The average Bonchev–Trinajstić information content (AvgIpc) is 2.35. The Bertz CT molecular complexity index is 661. The van der Waals surface area contributed by atoms with E-state index < -0.39 is 0 Å². The van der Waals surface area contributed by atoms with E-state index in [-0.39, 0.29) is 11.1 Å². The van der Waals surface area contributed by atoms with E-state index >= 15 is 0 Å². The molecule has 0 aliphatic carbocycles. The van der Waals surface area contributed by atoms with Crippen molar-refractivity contribution in [3.63, 3.8) is 0 Å². The SMILES string of the molecule is CC(C)(C)NCc1cc(=O)[nH]c(-c2cncc(Br)c2)n1. The van der Waals surface area contributed by atoms with Crippen molar-refractivity contribution >= 4 is 15.9 Å². The minimum absolute atomic E-state index is 0.0260. The number of rotatable bonds is 3. The molecule has 0 spiro atoms. The molecule has 0 bridgehead atoms. The van der Waals surface area contributed by atoms with Gasteiger partial charge in [-0.2, -0.15) is 0 Å². The van der Waals surface area contributed by atoms with Crippen LogP contribution in [0, 0.1) is 0 Å². The standard InChI is InChI=1S/C14H17BrN4O/c1-14(2,3)17-8-11-5-12(20)19-13(18-11)9-4-10(15)7-16-6-9/h4-7,17H,8H2,1-3H3,(H,18,19,20). The molecule has 0 fully saturated rings. The van der Waals surface area contributed by atoms with Gasteiger partial charge in [0.2, 0.25) is 0 Å². The van der Waals surface area contributed by atoms with Gasteiger partial charge >= 0.3 is 0 Å². The Morgan fingerprint density at radius 1 is 1.30 bits per heavy atom. The van der Waals surface area contributed by atoms with Crippen LogP contribution in [-0.4, -0.2) is 20.5 Å². The summed E-state index contributed by atoms with van der Waals surface area (Å²) in [5.41, 5.74) is 1.29. The minimum atomic E-state index is -0.166. The molecule has 2 aromatic heterocycles. The normalized spacial score (nSPS) is 11.6. The lowest BCUT2D eigenvalue weighted by molar-refractivity contribution is 0.421. The summed E-state index contributed by atoms with van der Waals surface area (Å²) in [4.78, 5) is 23.0. The molecule has 6 heteroatoms. The van der Waals surface area contributed by atoms with E-state index in [1.54, 1.807) is 12.4 Å². The molecule has 0 unspecified atom stereocenters. The Kier molecular flexibility index (Phi) is 4.35. The summed E-state index contributed by atoms with van der Waals surface area (Å²) in [5.74, 6) is 0.525. The maximum absolute atomic E-state index is 11.7. The molecule has 0 aromatic carbocycles. The van der Waals surface area contributed by atoms with Crippen molar-refractivity contribution in [2.24, 2.45) is 0 Å². The lowest BCUT2D eigenvalue weighted by Gasteiger charge is -2.20. The summed E-state index contributed by atoms with van der Waals surface area (Å²) in [6, 6.07) is 3.37. The molecule has 106 valence electrons. The molecule has 5 nitrogen and oxygen atoms in total. The van der Waals surface area contributed by atoms with Gasteiger partial charge in [0.25, 0.3) is 5.56 Å². The van der Waals surface area contributed by atoms with Crippen LogP contribution in [0.3, 0.4) is 0 Å². The van der Waals surface area contributed by atoms with Crippen LogP contribution >= 0.6 is 15.9 Å². The van der Waals surface area contributed by atoms with Crippen LogP contribution in [0.4, 0.5) is 0 Å². The summed E-state index contributed by atoms with van der Waals surface area (Å²) >= 11 is 3.36. The number of hydrogen-bond acceptors (Lipinski definition) is 4. The van der Waals surface area contributed by atoms with Crippen molar-refractivity contribution in [2.45, 2.75) is 32.9 Å². The topological polar surface area (TPSA) is 70.7 Å². The van der Waals surface area contributed by atoms with E-state index in [1.165, 1.54) is 6.07 Å². The fourth-order valence-electron chi connectivity index (χ4n) is 1.63. The van der Waals surface area contributed by atoms with Gasteiger partial charge in [0.1, 0.15) is 5.82 Å². The van der Waals surface area contributed by atoms with Crippen molar-refractivity contribution in [3.8, 4) is 11.4 Å². The van der Waals surface area contributed by atoms with Crippen LogP contribution in [0.1, 0.15) is 26.5 Å². The van der Waals surface area contributed by atoms with E-state index in [9.17, 15) is 4.79 Å². The number of nitrogens with one attached hydrogen (secondary N) is 2. The Hall–Kier alpha value is -1.53. The molecule has 0 saturated carbocycles. The lowest BCUT2D eigenvalue weighted by Crippen LogP contribution is -2.35. The molecule has 0 atom stereocenters. The van der Waals surface area contributed by atoms with Crippen LogP contribution in [0.25, 0.3) is 11.4 Å². The molecule has 0 radical (unpaired) electrons. The third-order valence-electron chi connectivity index (χ3n) is 2.57. The monoisotopic (exact) mass is 336 g/mol. The van der Waals surface area contributed by atoms with Crippen molar-refractivity contribution < 1.29 is 0 Å². The van der Waals surface area contributed by atoms with Crippen LogP contribution < -0.4 is 10.9 Å². The zero-order valence-electron chi connectivity index (χ0n) is 11.7. The third kappa shape index (κ3) is 4.25. The van der Waals surface area contributed by atoms with Gasteiger partial charge in [0.05, 0.1) is 5.69 Å². The third-order valence-corrected chi connectivity index (χ3v) is 3.01. The maximum atomic E-state index is 11.7. The lowest BCUT2D eigenvalue weighted by atomic mass is 10.1. The van der Waals surface area contributed by atoms with Crippen LogP contribution in [0.5, 0.6) is 0 Å². The Balaban J connectivity index is 2.32. The van der Waals surface area contributed by atoms with Gasteiger partial charge < -0.3 is 10.3 Å². The van der Waals surface area contributed by atoms with E-state index in [1.807, 2.05) is 6.07 Å². The average molecular weight is 337 g/mol. The number of nitrogens with zero attached hydrogens (tertiary/aromatic N) is 2. The molecular weight excluding hydrogens is 320 g/mol. The van der Waals surface area contributed by atoms with Crippen molar-refractivity contribution in [2.75, 3.05) is 0 Å². The van der Waals surface area contributed by atoms with Crippen molar-refractivity contribution in [3.05, 3.63) is 45.0 Å². The van der Waals surface area contributed by atoms with E-state index in [4.69, 9.17) is 0 Å². The summed E-state index contributed by atoms with van der Waals surface area (Å²) in [5, 5.41) is 3.32. The van der Waals surface area contributed by atoms with Crippen LogP contribution in [0.15, 0.2) is 33.8 Å². The van der Waals surface area contributed by atoms with Crippen molar-refractivity contribution in [1.29, 1.82) is 0 Å². The number of halogens is 1. The Morgan fingerprint density at radius 2 is 2.05 bits per heavy atom. The highest BCUT2D eigenvalue weighted by Gasteiger charge is 2.10. The van der Waals surface area contributed by atoms with Gasteiger partial charge in [0, 0.05) is 40.6 Å². The van der Waals surface area contributed by atoms with Gasteiger partial charge in [-0.1, -0.05) is 0 Å². The Morgan fingerprint density at radius 3 is 2.70 bits per heavy atom. The number of aromatic amines is 1. The summed E-state index contributed by atoms with van der Waals surface area (Å²) < 4.78 is 0.843. The van der Waals surface area contributed by atoms with E-state index in [0.717, 1.165) is 10.0 Å². The summed E-state index contributed by atoms with van der Waals surface area (Å²) in [6.07, 6.45) is 3.36. The maximum Gasteiger partial charge on any atom is 0.251 e. The second kappa shape index (κ2) is 5.85. The summed E-state index contributed by atoms with van der Waals surface area (Å²) in [6.45, 7) is 6.75. The predicted octanol–water partition coefficient (Wildman–Crippen LogP) is 2.48. The van der Waals surface area contributed by atoms with Crippen LogP contribution in [-0.2, 0) is 6.54 Å². The van der Waals surface area contributed by atoms with Gasteiger partial charge in [-0.05, 0) is 42.8 Å². The molecule has 2 rings (SSSR count). The number of H-pyrrole nitrogens is 1. The van der Waals surface area contributed by atoms with Gasteiger partial charge in [-0.25, -0.2) is 4.98 Å². The Labute approximate surface area is 126 Å².